The number of rotatable bonds is 5. The van der Waals surface area contributed by atoms with Crippen molar-refractivity contribution in [1.29, 1.82) is 0 Å². The first-order chi connectivity index (χ1) is 12.0. The lowest BCUT2D eigenvalue weighted by Crippen LogP contribution is -2.14. The van der Waals surface area contributed by atoms with E-state index in [2.05, 4.69) is 46.5 Å². The van der Waals surface area contributed by atoms with E-state index < -0.39 is 0 Å². The predicted molar refractivity (Wildman–Crippen MR) is 103 cm³/mol. The maximum absolute atomic E-state index is 11.9. The standard InChI is InChI=1S/C18H18N4OS2/c1-11-4-5-14(8-12(11)2)15-6-7-17(22-21-15)24-10-16(23)20-18-19-13(3)9-25-18/h4-9H,10H2,1-3H3,(H,19,20,23). The van der Waals surface area contributed by atoms with Gasteiger partial charge in [0.1, 0.15) is 5.03 Å². The zero-order chi connectivity index (χ0) is 17.8. The van der Waals surface area contributed by atoms with E-state index in [1.165, 1.54) is 34.2 Å². The van der Waals surface area contributed by atoms with Crippen molar-refractivity contribution in [3.8, 4) is 11.3 Å². The highest BCUT2D eigenvalue weighted by atomic mass is 32.2. The van der Waals surface area contributed by atoms with Gasteiger partial charge < -0.3 is 5.32 Å². The van der Waals surface area contributed by atoms with E-state index in [-0.39, 0.29) is 11.7 Å². The first kappa shape index (κ1) is 17.6. The molecule has 0 radical (unpaired) electrons. The second-order valence-corrected chi connectivity index (χ2v) is 7.54. The molecule has 0 saturated carbocycles. The molecule has 25 heavy (non-hydrogen) atoms. The fraction of sp³-hybridized carbons (Fsp3) is 0.222. The lowest BCUT2D eigenvalue weighted by Gasteiger charge is -2.05. The Balaban J connectivity index is 1.58. The van der Waals surface area contributed by atoms with E-state index in [0.717, 1.165) is 22.0 Å². The average Bonchev–Trinajstić information content (AvgIpc) is 3.01. The van der Waals surface area contributed by atoms with Crippen LogP contribution in [-0.4, -0.2) is 26.8 Å². The zero-order valence-electron chi connectivity index (χ0n) is 14.2. The number of nitrogens with zero attached hydrogens (tertiary/aromatic N) is 3. The van der Waals surface area contributed by atoms with Crippen molar-refractivity contribution in [1.82, 2.24) is 15.2 Å². The van der Waals surface area contributed by atoms with Gasteiger partial charge in [-0.05, 0) is 50.1 Å². The molecule has 128 valence electrons. The lowest BCUT2D eigenvalue weighted by atomic mass is 10.0. The van der Waals surface area contributed by atoms with Crippen molar-refractivity contribution in [2.45, 2.75) is 25.8 Å². The lowest BCUT2D eigenvalue weighted by molar-refractivity contribution is -0.113. The minimum atomic E-state index is -0.0978. The number of nitrogens with one attached hydrogen (secondary N) is 1. The molecule has 0 bridgehead atoms. The average molecular weight is 371 g/mol. The molecule has 0 saturated heterocycles. The van der Waals surface area contributed by atoms with Gasteiger partial charge in [0.2, 0.25) is 5.91 Å². The number of hydrogen-bond acceptors (Lipinski definition) is 6. The molecule has 0 aliphatic heterocycles. The minimum absolute atomic E-state index is 0.0978. The number of carbonyl (C=O) groups is 1. The van der Waals surface area contributed by atoms with Crippen molar-refractivity contribution < 1.29 is 4.79 Å². The summed E-state index contributed by atoms with van der Waals surface area (Å²) < 4.78 is 0. The summed E-state index contributed by atoms with van der Waals surface area (Å²) in [5.41, 5.74) is 5.26. The Hall–Kier alpha value is -2.25. The van der Waals surface area contributed by atoms with E-state index in [1.807, 2.05) is 30.5 Å². The topological polar surface area (TPSA) is 67.8 Å². The molecule has 0 aliphatic rings. The molecule has 3 aromatic rings. The molecule has 7 heteroatoms. The predicted octanol–water partition coefficient (Wildman–Crippen LogP) is 4.26. The third-order valence-corrected chi connectivity index (χ3v) is 5.45. The fourth-order valence-electron chi connectivity index (χ4n) is 2.16. The molecule has 2 heterocycles. The van der Waals surface area contributed by atoms with E-state index in [4.69, 9.17) is 0 Å². The third-order valence-electron chi connectivity index (χ3n) is 3.66. The highest BCUT2D eigenvalue weighted by molar-refractivity contribution is 7.99. The van der Waals surface area contributed by atoms with Crippen molar-refractivity contribution in [2.24, 2.45) is 0 Å². The Morgan fingerprint density at radius 2 is 1.96 bits per heavy atom. The van der Waals surface area contributed by atoms with E-state index >= 15 is 0 Å². The normalized spacial score (nSPS) is 10.7. The van der Waals surface area contributed by atoms with Gasteiger partial charge in [0.25, 0.3) is 0 Å². The number of thioether (sulfide) groups is 1. The Bertz CT molecular complexity index is 890. The second kappa shape index (κ2) is 7.76. The summed E-state index contributed by atoms with van der Waals surface area (Å²) in [6, 6.07) is 10.1. The van der Waals surface area contributed by atoms with Crippen LogP contribution in [0.4, 0.5) is 5.13 Å². The van der Waals surface area contributed by atoms with Crippen LogP contribution in [0.3, 0.4) is 0 Å². The maximum atomic E-state index is 11.9. The van der Waals surface area contributed by atoms with Crippen LogP contribution in [0.2, 0.25) is 0 Å². The molecule has 0 fully saturated rings. The number of amides is 1. The second-order valence-electron chi connectivity index (χ2n) is 5.69. The van der Waals surface area contributed by atoms with Crippen LogP contribution >= 0.6 is 23.1 Å². The molecule has 0 spiro atoms. The summed E-state index contributed by atoms with van der Waals surface area (Å²) >= 11 is 2.78. The van der Waals surface area contributed by atoms with Gasteiger partial charge >= 0.3 is 0 Å². The van der Waals surface area contributed by atoms with Gasteiger partial charge in [-0.1, -0.05) is 23.9 Å². The molecule has 5 nitrogen and oxygen atoms in total. The maximum Gasteiger partial charge on any atom is 0.236 e. The SMILES string of the molecule is Cc1csc(NC(=O)CSc2ccc(-c3ccc(C)c(C)c3)nn2)n1. The number of aromatic nitrogens is 3. The smallest absolute Gasteiger partial charge is 0.236 e. The van der Waals surface area contributed by atoms with Gasteiger partial charge in [0, 0.05) is 10.9 Å². The number of anilines is 1. The summed E-state index contributed by atoms with van der Waals surface area (Å²) in [5, 5.41) is 14.5. The van der Waals surface area contributed by atoms with Crippen molar-refractivity contribution in [2.75, 3.05) is 11.1 Å². The van der Waals surface area contributed by atoms with E-state index in [9.17, 15) is 4.79 Å². The first-order valence-corrected chi connectivity index (χ1v) is 9.64. The minimum Gasteiger partial charge on any atom is -0.301 e. The fourth-order valence-corrected chi connectivity index (χ4v) is 3.48. The molecule has 0 unspecified atom stereocenters. The van der Waals surface area contributed by atoms with E-state index in [1.54, 1.807) is 0 Å². The Kier molecular flexibility index (Phi) is 5.45. The molecule has 0 atom stereocenters. The van der Waals surface area contributed by atoms with Crippen LogP contribution in [-0.2, 0) is 4.79 Å². The van der Waals surface area contributed by atoms with Crippen molar-refractivity contribution in [3.63, 3.8) is 0 Å². The number of aryl methyl sites for hydroxylation is 3. The molecule has 1 amide bonds. The van der Waals surface area contributed by atoms with Gasteiger partial charge in [-0.3, -0.25) is 4.79 Å². The molecular weight excluding hydrogens is 352 g/mol. The van der Waals surface area contributed by atoms with Crippen LogP contribution in [0.15, 0.2) is 40.7 Å². The summed E-state index contributed by atoms with van der Waals surface area (Å²) in [7, 11) is 0. The van der Waals surface area contributed by atoms with Crippen LogP contribution < -0.4 is 5.32 Å². The monoisotopic (exact) mass is 370 g/mol. The molecule has 0 aliphatic carbocycles. The number of carbonyl (C=O) groups excluding carboxylic acids is 1. The van der Waals surface area contributed by atoms with E-state index in [0.29, 0.717) is 5.13 Å². The highest BCUT2D eigenvalue weighted by Crippen LogP contribution is 2.22. The zero-order valence-corrected chi connectivity index (χ0v) is 15.9. The van der Waals surface area contributed by atoms with Gasteiger partial charge in [-0.25, -0.2) is 4.98 Å². The first-order valence-electron chi connectivity index (χ1n) is 7.77. The van der Waals surface area contributed by atoms with Gasteiger partial charge in [-0.15, -0.1) is 21.5 Å². The molecular formula is C18H18N4OS2. The summed E-state index contributed by atoms with van der Waals surface area (Å²) in [6.45, 7) is 6.06. The summed E-state index contributed by atoms with van der Waals surface area (Å²) in [5.74, 6) is 0.176. The summed E-state index contributed by atoms with van der Waals surface area (Å²) in [4.78, 5) is 16.2. The Morgan fingerprint density at radius 1 is 1.12 bits per heavy atom. The van der Waals surface area contributed by atoms with Crippen LogP contribution in [0, 0.1) is 20.8 Å². The largest absolute Gasteiger partial charge is 0.301 e. The number of hydrogen-bond donors (Lipinski definition) is 1. The van der Waals surface area contributed by atoms with Crippen LogP contribution in [0.25, 0.3) is 11.3 Å². The van der Waals surface area contributed by atoms with Gasteiger partial charge in [0.05, 0.1) is 17.1 Å². The van der Waals surface area contributed by atoms with Gasteiger partial charge in [-0.2, -0.15) is 0 Å². The van der Waals surface area contributed by atoms with Crippen molar-refractivity contribution in [3.05, 3.63) is 52.5 Å². The summed E-state index contributed by atoms with van der Waals surface area (Å²) in [6.07, 6.45) is 0. The van der Waals surface area contributed by atoms with Crippen LogP contribution in [0.5, 0.6) is 0 Å². The Morgan fingerprint density at radius 3 is 2.60 bits per heavy atom. The Labute approximate surface area is 154 Å². The number of benzene rings is 1. The molecule has 1 aromatic carbocycles. The molecule has 2 aromatic heterocycles. The molecule has 1 N–H and O–H groups in total. The molecule has 3 rings (SSSR count). The number of thiazole rings is 1. The van der Waals surface area contributed by atoms with Gasteiger partial charge in [0.15, 0.2) is 5.13 Å². The third kappa shape index (κ3) is 4.64. The van der Waals surface area contributed by atoms with Crippen LogP contribution in [0.1, 0.15) is 16.8 Å². The quantitative estimate of drug-likeness (QED) is 0.680. The van der Waals surface area contributed by atoms with Crippen molar-refractivity contribution >= 4 is 34.1 Å². The highest BCUT2D eigenvalue weighted by Gasteiger charge is 2.08.